The number of nitrogens with zero attached hydrogens (tertiary/aromatic N) is 1. The first-order valence-corrected chi connectivity index (χ1v) is 5.93. The number of benzene rings is 1. The fraction of sp³-hybridized carbons (Fsp3) is 0.200. The van der Waals surface area contributed by atoms with Crippen molar-refractivity contribution in [2.24, 2.45) is 0 Å². The van der Waals surface area contributed by atoms with Gasteiger partial charge in [-0.1, -0.05) is 23.8 Å². The first-order chi connectivity index (χ1) is 9.19. The van der Waals surface area contributed by atoms with Gasteiger partial charge in [-0.25, -0.2) is 9.78 Å². The summed E-state index contributed by atoms with van der Waals surface area (Å²) in [5.74, 6) is 0.327. The first-order valence-electron chi connectivity index (χ1n) is 5.93. The Bertz CT molecular complexity index is 564. The molecule has 4 heteroatoms. The van der Waals surface area contributed by atoms with Crippen LogP contribution in [0.5, 0.6) is 5.75 Å². The molecule has 0 fully saturated rings. The number of hydrogen-bond donors (Lipinski definition) is 0. The maximum atomic E-state index is 11.4. The Morgan fingerprint density at radius 2 is 1.89 bits per heavy atom. The van der Waals surface area contributed by atoms with Crippen LogP contribution < -0.4 is 4.74 Å². The number of hydrogen-bond acceptors (Lipinski definition) is 4. The van der Waals surface area contributed by atoms with Crippen molar-refractivity contribution >= 4 is 5.97 Å². The number of pyridine rings is 1. The molecule has 4 nitrogen and oxygen atoms in total. The molecule has 0 N–H and O–H groups in total. The van der Waals surface area contributed by atoms with Gasteiger partial charge in [-0.3, -0.25) is 0 Å². The molecule has 0 radical (unpaired) electrons. The Balaban J connectivity index is 2.03. The molecule has 0 aliphatic rings. The Kier molecular flexibility index (Phi) is 4.13. The fourth-order valence-electron chi connectivity index (χ4n) is 1.57. The summed E-state index contributed by atoms with van der Waals surface area (Å²) in [6, 6.07) is 12.9. The number of aryl methyl sites for hydroxylation is 1. The Morgan fingerprint density at radius 1 is 1.16 bits per heavy atom. The van der Waals surface area contributed by atoms with E-state index in [0.717, 1.165) is 5.75 Å². The van der Waals surface area contributed by atoms with E-state index < -0.39 is 5.97 Å². The SMILES string of the molecule is COC(=O)c1cccc(COc2ccc(C)cc2)n1. The van der Waals surface area contributed by atoms with Gasteiger partial charge in [0.1, 0.15) is 18.1 Å². The molecule has 0 bridgehead atoms. The standard InChI is InChI=1S/C15H15NO3/c1-11-6-8-13(9-7-11)19-10-12-4-3-5-14(16-12)15(17)18-2/h3-9H,10H2,1-2H3. The minimum absolute atomic E-state index is 0.285. The van der Waals surface area contributed by atoms with Crippen LogP contribution in [-0.4, -0.2) is 18.1 Å². The number of aromatic nitrogens is 1. The lowest BCUT2D eigenvalue weighted by atomic mass is 10.2. The first kappa shape index (κ1) is 13.1. The van der Waals surface area contributed by atoms with Crippen molar-refractivity contribution in [2.45, 2.75) is 13.5 Å². The molecule has 1 aromatic carbocycles. The molecule has 0 aliphatic carbocycles. The van der Waals surface area contributed by atoms with Gasteiger partial charge in [-0.15, -0.1) is 0 Å². The summed E-state index contributed by atoms with van der Waals surface area (Å²) in [4.78, 5) is 15.5. The highest BCUT2D eigenvalue weighted by atomic mass is 16.5. The highest BCUT2D eigenvalue weighted by molar-refractivity contribution is 5.87. The smallest absolute Gasteiger partial charge is 0.356 e. The lowest BCUT2D eigenvalue weighted by Crippen LogP contribution is -2.07. The van der Waals surface area contributed by atoms with Gasteiger partial charge in [0.2, 0.25) is 0 Å². The van der Waals surface area contributed by atoms with Gasteiger partial charge in [-0.05, 0) is 31.2 Å². The van der Waals surface area contributed by atoms with Crippen LogP contribution in [0.4, 0.5) is 0 Å². The van der Waals surface area contributed by atoms with Crippen LogP contribution in [0.1, 0.15) is 21.7 Å². The van der Waals surface area contributed by atoms with Crippen LogP contribution in [0, 0.1) is 6.92 Å². The highest BCUT2D eigenvalue weighted by Crippen LogP contribution is 2.13. The molecule has 19 heavy (non-hydrogen) atoms. The summed E-state index contributed by atoms with van der Waals surface area (Å²) in [6.45, 7) is 2.33. The van der Waals surface area contributed by atoms with Gasteiger partial charge in [0, 0.05) is 0 Å². The quantitative estimate of drug-likeness (QED) is 0.790. The van der Waals surface area contributed by atoms with E-state index in [0.29, 0.717) is 12.3 Å². The van der Waals surface area contributed by atoms with Gasteiger partial charge in [-0.2, -0.15) is 0 Å². The van der Waals surface area contributed by atoms with Crippen molar-refractivity contribution in [3.63, 3.8) is 0 Å². The maximum absolute atomic E-state index is 11.4. The van der Waals surface area contributed by atoms with Gasteiger partial charge in [0.25, 0.3) is 0 Å². The van der Waals surface area contributed by atoms with Crippen LogP contribution in [-0.2, 0) is 11.3 Å². The normalized spacial score (nSPS) is 10.0. The second-order valence-electron chi connectivity index (χ2n) is 4.11. The molecule has 0 unspecified atom stereocenters. The zero-order valence-electron chi connectivity index (χ0n) is 10.9. The number of carbonyl (C=O) groups is 1. The number of rotatable bonds is 4. The number of ether oxygens (including phenoxy) is 2. The molecule has 0 amide bonds. The maximum Gasteiger partial charge on any atom is 0.356 e. The molecular formula is C15H15NO3. The molecule has 0 saturated carbocycles. The van der Waals surface area contributed by atoms with Crippen LogP contribution in [0.2, 0.25) is 0 Å². The Morgan fingerprint density at radius 3 is 2.58 bits per heavy atom. The van der Waals surface area contributed by atoms with Gasteiger partial charge in [0.15, 0.2) is 0 Å². The van der Waals surface area contributed by atoms with Crippen LogP contribution in [0.15, 0.2) is 42.5 Å². The Labute approximate surface area is 112 Å². The third-order valence-electron chi connectivity index (χ3n) is 2.61. The third kappa shape index (κ3) is 3.55. The monoisotopic (exact) mass is 257 g/mol. The van der Waals surface area contributed by atoms with Gasteiger partial charge < -0.3 is 9.47 Å². The van der Waals surface area contributed by atoms with Crippen molar-refractivity contribution in [1.82, 2.24) is 4.98 Å². The molecule has 0 aliphatic heterocycles. The second-order valence-corrected chi connectivity index (χ2v) is 4.11. The molecule has 2 rings (SSSR count). The summed E-state index contributed by atoms with van der Waals surface area (Å²) in [5.41, 5.74) is 2.15. The minimum Gasteiger partial charge on any atom is -0.487 e. The van der Waals surface area contributed by atoms with E-state index in [1.807, 2.05) is 31.2 Å². The number of esters is 1. The summed E-state index contributed by atoms with van der Waals surface area (Å²) >= 11 is 0. The van der Waals surface area contributed by atoms with E-state index in [1.54, 1.807) is 18.2 Å². The summed E-state index contributed by atoms with van der Waals surface area (Å²) in [6.07, 6.45) is 0. The van der Waals surface area contributed by atoms with Crippen LogP contribution in [0.25, 0.3) is 0 Å². The largest absolute Gasteiger partial charge is 0.487 e. The molecule has 0 atom stereocenters. The zero-order valence-corrected chi connectivity index (χ0v) is 10.9. The summed E-state index contributed by atoms with van der Waals surface area (Å²) in [5, 5.41) is 0. The average molecular weight is 257 g/mol. The lowest BCUT2D eigenvalue weighted by Gasteiger charge is -2.07. The van der Waals surface area contributed by atoms with Gasteiger partial charge in [0.05, 0.1) is 12.8 Å². The van der Waals surface area contributed by atoms with Crippen LogP contribution >= 0.6 is 0 Å². The van der Waals surface area contributed by atoms with E-state index in [4.69, 9.17) is 4.74 Å². The van der Waals surface area contributed by atoms with Crippen LogP contribution in [0.3, 0.4) is 0 Å². The highest BCUT2D eigenvalue weighted by Gasteiger charge is 2.07. The molecule has 98 valence electrons. The van der Waals surface area contributed by atoms with Crippen molar-refractivity contribution < 1.29 is 14.3 Å². The van der Waals surface area contributed by atoms with E-state index in [1.165, 1.54) is 12.7 Å². The van der Waals surface area contributed by atoms with E-state index in [-0.39, 0.29) is 5.69 Å². The fourth-order valence-corrected chi connectivity index (χ4v) is 1.57. The lowest BCUT2D eigenvalue weighted by molar-refractivity contribution is 0.0593. The summed E-state index contributed by atoms with van der Waals surface area (Å²) in [7, 11) is 1.33. The second kappa shape index (κ2) is 6.00. The molecule has 1 aromatic heterocycles. The van der Waals surface area contributed by atoms with Crippen molar-refractivity contribution in [3.8, 4) is 5.75 Å². The zero-order chi connectivity index (χ0) is 13.7. The third-order valence-corrected chi connectivity index (χ3v) is 2.61. The molecule has 0 spiro atoms. The van der Waals surface area contributed by atoms with E-state index >= 15 is 0 Å². The van der Waals surface area contributed by atoms with E-state index in [9.17, 15) is 4.79 Å². The minimum atomic E-state index is -0.447. The summed E-state index contributed by atoms with van der Waals surface area (Å²) < 4.78 is 10.2. The topological polar surface area (TPSA) is 48.4 Å². The predicted molar refractivity (Wildman–Crippen MR) is 71.1 cm³/mol. The Hall–Kier alpha value is -2.36. The number of methoxy groups -OCH3 is 1. The molecule has 0 saturated heterocycles. The molecular weight excluding hydrogens is 242 g/mol. The predicted octanol–water partition coefficient (Wildman–Crippen LogP) is 2.76. The van der Waals surface area contributed by atoms with E-state index in [2.05, 4.69) is 9.72 Å². The van der Waals surface area contributed by atoms with Crippen molar-refractivity contribution in [2.75, 3.05) is 7.11 Å². The van der Waals surface area contributed by atoms with Crippen molar-refractivity contribution in [3.05, 3.63) is 59.4 Å². The van der Waals surface area contributed by atoms with Crippen molar-refractivity contribution in [1.29, 1.82) is 0 Å². The molecule has 2 aromatic rings. The number of carbonyl (C=O) groups excluding carboxylic acids is 1. The molecule has 1 heterocycles. The van der Waals surface area contributed by atoms with Gasteiger partial charge >= 0.3 is 5.97 Å². The average Bonchev–Trinajstić information content (AvgIpc) is 2.46.